The number of nitrogens with zero attached hydrogens (tertiary/aromatic N) is 2. The topological polar surface area (TPSA) is 32.8 Å². The van der Waals surface area contributed by atoms with Gasteiger partial charge in [-0.05, 0) is 151 Å². The van der Waals surface area contributed by atoms with E-state index >= 15 is 0 Å². The molecular formula is C62H50N2O2. The maximum Gasteiger partial charge on any atom is 0.137 e. The molecule has 0 saturated heterocycles. The Kier molecular flexibility index (Phi) is 8.95. The highest BCUT2D eigenvalue weighted by molar-refractivity contribution is 6.16. The summed E-state index contributed by atoms with van der Waals surface area (Å²) < 4.78 is 13.5. The molecule has 12 rings (SSSR count). The second kappa shape index (κ2) is 14.9. The molecule has 0 aliphatic rings. The van der Waals surface area contributed by atoms with E-state index < -0.39 is 0 Å². The van der Waals surface area contributed by atoms with E-state index in [1.54, 1.807) is 0 Å². The molecule has 0 amide bonds. The van der Waals surface area contributed by atoms with Gasteiger partial charge in [-0.3, -0.25) is 0 Å². The van der Waals surface area contributed by atoms with E-state index in [2.05, 4.69) is 245 Å². The highest BCUT2D eigenvalue weighted by atomic mass is 16.3. The fourth-order valence-corrected chi connectivity index (χ4v) is 9.80. The highest BCUT2D eigenvalue weighted by Crippen LogP contribution is 2.44. The van der Waals surface area contributed by atoms with Crippen LogP contribution in [0.4, 0.5) is 34.1 Å². The van der Waals surface area contributed by atoms with Crippen molar-refractivity contribution in [3.05, 3.63) is 205 Å². The van der Waals surface area contributed by atoms with Crippen molar-refractivity contribution in [2.24, 2.45) is 0 Å². The molecule has 2 aromatic heterocycles. The van der Waals surface area contributed by atoms with Crippen LogP contribution in [0, 0.1) is 0 Å². The second-order valence-electron chi connectivity index (χ2n) is 19.9. The van der Waals surface area contributed by atoms with Gasteiger partial charge in [0.25, 0.3) is 0 Å². The van der Waals surface area contributed by atoms with E-state index in [1.165, 1.54) is 32.7 Å². The first kappa shape index (κ1) is 39.7. The van der Waals surface area contributed by atoms with Crippen molar-refractivity contribution in [3.63, 3.8) is 0 Å². The first-order valence-electron chi connectivity index (χ1n) is 23.0. The molecule has 2 heterocycles. The first-order valence-corrected chi connectivity index (χ1v) is 23.0. The van der Waals surface area contributed by atoms with Gasteiger partial charge in [-0.15, -0.1) is 0 Å². The molecule has 0 fully saturated rings. The zero-order valence-corrected chi connectivity index (χ0v) is 38.2. The lowest BCUT2D eigenvalue weighted by molar-refractivity contribution is 0.590. The summed E-state index contributed by atoms with van der Waals surface area (Å²) in [4.78, 5) is 4.66. The first-order chi connectivity index (χ1) is 31.9. The van der Waals surface area contributed by atoms with Crippen molar-refractivity contribution < 1.29 is 8.83 Å². The van der Waals surface area contributed by atoms with Crippen LogP contribution in [0.1, 0.15) is 52.7 Å². The minimum atomic E-state index is 0.0584. The molecule has 4 heteroatoms. The molecule has 0 aliphatic heterocycles. The minimum absolute atomic E-state index is 0.0584. The molecule has 0 aliphatic carbocycles. The van der Waals surface area contributed by atoms with Crippen LogP contribution in [0.3, 0.4) is 0 Å². The summed E-state index contributed by atoms with van der Waals surface area (Å²) in [6.07, 6.45) is 0. The Morgan fingerprint density at radius 1 is 0.273 bits per heavy atom. The van der Waals surface area contributed by atoms with Crippen molar-refractivity contribution >= 4 is 110 Å². The Morgan fingerprint density at radius 3 is 1.02 bits per heavy atom. The fraction of sp³-hybridized carbons (Fsp3) is 0.129. The summed E-state index contributed by atoms with van der Waals surface area (Å²) in [5.41, 5.74) is 12.6. The van der Waals surface area contributed by atoms with Crippen LogP contribution in [0.2, 0.25) is 0 Å². The van der Waals surface area contributed by atoms with E-state index in [0.29, 0.717) is 0 Å². The van der Waals surface area contributed by atoms with E-state index in [1.807, 2.05) is 0 Å². The summed E-state index contributed by atoms with van der Waals surface area (Å²) >= 11 is 0. The van der Waals surface area contributed by atoms with Gasteiger partial charge in [0.05, 0.1) is 0 Å². The summed E-state index contributed by atoms with van der Waals surface area (Å²) in [5.74, 6) is 0. The number of fused-ring (bicyclic) bond motifs is 9. The third kappa shape index (κ3) is 6.84. The molecule has 0 spiro atoms. The zero-order valence-electron chi connectivity index (χ0n) is 38.2. The van der Waals surface area contributed by atoms with Gasteiger partial charge in [-0.1, -0.05) is 126 Å². The number of rotatable bonds is 6. The lowest BCUT2D eigenvalue weighted by atomic mass is 9.87. The average Bonchev–Trinajstić information content (AvgIpc) is 3.86. The number of benzene rings is 10. The smallest absolute Gasteiger partial charge is 0.137 e. The predicted molar refractivity (Wildman–Crippen MR) is 280 cm³/mol. The largest absolute Gasteiger partial charge is 0.456 e. The van der Waals surface area contributed by atoms with Crippen LogP contribution < -0.4 is 9.80 Å². The van der Waals surface area contributed by atoms with Gasteiger partial charge in [0.15, 0.2) is 0 Å². The minimum Gasteiger partial charge on any atom is -0.456 e. The Balaban J connectivity index is 0.942. The predicted octanol–water partition coefficient (Wildman–Crippen LogP) is 18.5. The quantitative estimate of drug-likeness (QED) is 0.167. The van der Waals surface area contributed by atoms with Crippen LogP contribution in [0.15, 0.2) is 203 Å². The van der Waals surface area contributed by atoms with Crippen LogP contribution >= 0.6 is 0 Å². The van der Waals surface area contributed by atoms with Crippen molar-refractivity contribution in [2.75, 3.05) is 9.80 Å². The van der Waals surface area contributed by atoms with Crippen LogP contribution in [-0.2, 0) is 10.8 Å². The van der Waals surface area contributed by atoms with Crippen molar-refractivity contribution in [1.29, 1.82) is 0 Å². The SMILES string of the molecule is CC(C)(C)c1ccc(N(c2ccc3ccccc3c2)c2ccc3c(c2)oc2cc4cc5oc6cc(N(c7ccc(C(C)(C)C)cc7)c7ccc8ccccc8c7)ccc6c5cc4cc23)cc1. The Bertz CT molecular complexity index is 3590. The second-order valence-corrected chi connectivity index (χ2v) is 19.9. The van der Waals surface area contributed by atoms with Crippen molar-refractivity contribution in [2.45, 2.75) is 52.4 Å². The molecular weight excluding hydrogens is 805 g/mol. The standard InChI is InChI=1S/C62H50N2O2/c1-61(2,3)45-17-23-47(24-18-45)63(49-21-15-39-11-7-9-13-41(39)31-49)51-27-29-53-55-33-43-34-56-54-30-28-52(38-60(54)66-58(56)36-44(43)35-57(55)65-59(53)37-51)64(48-25-19-46(20-26-48)62(4,5)6)50-22-16-40-12-8-10-14-42(40)32-50/h7-38H,1-6H3. The highest BCUT2D eigenvalue weighted by Gasteiger charge is 2.21. The van der Waals surface area contributed by atoms with Gasteiger partial charge in [0, 0.05) is 67.8 Å². The van der Waals surface area contributed by atoms with Crippen LogP contribution in [-0.4, -0.2) is 0 Å². The molecule has 0 unspecified atom stereocenters. The van der Waals surface area contributed by atoms with Crippen molar-refractivity contribution in [1.82, 2.24) is 0 Å². The third-order valence-electron chi connectivity index (χ3n) is 13.5. The number of anilines is 6. The molecule has 0 saturated carbocycles. The lowest BCUT2D eigenvalue weighted by Crippen LogP contribution is -2.13. The Hall–Kier alpha value is -7.82. The molecule has 10 aromatic carbocycles. The summed E-state index contributed by atoms with van der Waals surface area (Å²) in [6, 6.07) is 70.5. The lowest BCUT2D eigenvalue weighted by Gasteiger charge is -2.27. The fourth-order valence-electron chi connectivity index (χ4n) is 9.80. The van der Waals surface area contributed by atoms with Gasteiger partial charge in [0.1, 0.15) is 22.3 Å². The molecule has 0 N–H and O–H groups in total. The molecule has 0 bridgehead atoms. The van der Waals surface area contributed by atoms with E-state index in [9.17, 15) is 0 Å². The van der Waals surface area contributed by atoms with Crippen LogP contribution in [0.5, 0.6) is 0 Å². The average molecular weight is 855 g/mol. The maximum absolute atomic E-state index is 6.74. The Morgan fingerprint density at radius 2 is 0.606 bits per heavy atom. The normalized spacial score (nSPS) is 12.4. The number of hydrogen-bond donors (Lipinski definition) is 0. The van der Waals surface area contributed by atoms with Gasteiger partial charge in [-0.25, -0.2) is 0 Å². The third-order valence-corrected chi connectivity index (χ3v) is 13.5. The molecule has 0 atom stereocenters. The molecule has 320 valence electrons. The van der Waals surface area contributed by atoms with Crippen molar-refractivity contribution in [3.8, 4) is 0 Å². The van der Waals surface area contributed by atoms with Crippen LogP contribution in [0.25, 0.3) is 76.2 Å². The number of hydrogen-bond acceptors (Lipinski definition) is 4. The van der Waals surface area contributed by atoms with Gasteiger partial charge in [0.2, 0.25) is 0 Å². The van der Waals surface area contributed by atoms with Gasteiger partial charge in [-0.2, -0.15) is 0 Å². The van der Waals surface area contributed by atoms with E-state index in [4.69, 9.17) is 8.83 Å². The van der Waals surface area contributed by atoms with Gasteiger partial charge >= 0.3 is 0 Å². The molecule has 12 aromatic rings. The Labute approximate surface area is 384 Å². The summed E-state index contributed by atoms with van der Waals surface area (Å²) in [6.45, 7) is 13.5. The number of furan rings is 2. The van der Waals surface area contributed by atoms with E-state index in [-0.39, 0.29) is 10.8 Å². The van der Waals surface area contributed by atoms with E-state index in [0.717, 1.165) is 88.8 Å². The molecule has 0 radical (unpaired) electrons. The maximum atomic E-state index is 6.74. The molecule has 66 heavy (non-hydrogen) atoms. The van der Waals surface area contributed by atoms with Gasteiger partial charge < -0.3 is 18.6 Å². The monoisotopic (exact) mass is 854 g/mol. The summed E-state index contributed by atoms with van der Waals surface area (Å²) in [7, 11) is 0. The molecule has 4 nitrogen and oxygen atoms in total. The zero-order chi connectivity index (χ0) is 44.9. The summed E-state index contributed by atoms with van der Waals surface area (Å²) in [5, 5.41) is 11.4.